The van der Waals surface area contributed by atoms with Gasteiger partial charge in [0.1, 0.15) is 11.6 Å². The Morgan fingerprint density at radius 3 is 2.46 bits per heavy atom. The number of amides is 2. The van der Waals surface area contributed by atoms with Gasteiger partial charge in [0.05, 0.1) is 6.04 Å². The number of halogens is 1. The van der Waals surface area contributed by atoms with Crippen molar-refractivity contribution in [1.82, 2.24) is 10.2 Å². The minimum Gasteiger partial charge on any atom is -0.484 e. The SMILES string of the molecule is Cc1ccc(C2c3cc(OCC(=O)NCc4ccc(F)cc4)ccc3CCN2C(=O)C(C)C)cc1. The molecule has 1 atom stereocenters. The van der Waals surface area contributed by atoms with Crippen molar-refractivity contribution in [3.8, 4) is 5.75 Å². The molecule has 0 bridgehead atoms. The summed E-state index contributed by atoms with van der Waals surface area (Å²) in [7, 11) is 0. The Hall–Kier alpha value is -3.67. The summed E-state index contributed by atoms with van der Waals surface area (Å²) in [5, 5.41) is 2.79. The fraction of sp³-hybridized carbons (Fsp3) is 0.310. The van der Waals surface area contributed by atoms with E-state index < -0.39 is 0 Å². The molecule has 0 radical (unpaired) electrons. The number of nitrogens with one attached hydrogen (secondary N) is 1. The van der Waals surface area contributed by atoms with Gasteiger partial charge in [-0.3, -0.25) is 9.59 Å². The smallest absolute Gasteiger partial charge is 0.258 e. The Morgan fingerprint density at radius 2 is 1.77 bits per heavy atom. The highest BCUT2D eigenvalue weighted by atomic mass is 19.1. The molecule has 0 fully saturated rings. The van der Waals surface area contributed by atoms with E-state index >= 15 is 0 Å². The number of benzene rings is 3. The predicted molar refractivity (Wildman–Crippen MR) is 133 cm³/mol. The van der Waals surface area contributed by atoms with Crippen LogP contribution in [-0.2, 0) is 22.6 Å². The molecule has 0 saturated heterocycles. The van der Waals surface area contributed by atoms with Gasteiger partial charge >= 0.3 is 0 Å². The standard InChI is InChI=1S/C29H31FN2O3/c1-19(2)29(34)32-15-14-22-10-13-25(16-26(22)28(32)23-8-4-20(3)5-9-23)35-18-27(33)31-17-21-6-11-24(30)12-7-21/h4-13,16,19,28H,14-15,17-18H2,1-3H3,(H,31,33). The van der Waals surface area contributed by atoms with Crippen LogP contribution in [0.15, 0.2) is 66.7 Å². The van der Waals surface area contributed by atoms with Gasteiger partial charge in [-0.05, 0) is 59.9 Å². The first kappa shape index (κ1) is 24.5. The van der Waals surface area contributed by atoms with Crippen LogP contribution in [0.5, 0.6) is 5.75 Å². The van der Waals surface area contributed by atoms with E-state index in [0.717, 1.165) is 28.7 Å². The molecule has 3 aromatic rings. The molecule has 1 N–H and O–H groups in total. The number of carbonyl (C=O) groups is 2. The van der Waals surface area contributed by atoms with Crippen molar-refractivity contribution in [2.45, 2.75) is 39.8 Å². The van der Waals surface area contributed by atoms with Gasteiger partial charge in [0.25, 0.3) is 5.91 Å². The Labute approximate surface area is 205 Å². The molecule has 0 saturated carbocycles. The zero-order valence-corrected chi connectivity index (χ0v) is 20.4. The van der Waals surface area contributed by atoms with E-state index in [1.807, 2.05) is 43.9 Å². The molecule has 1 unspecified atom stereocenters. The maximum atomic E-state index is 13.1. The average Bonchev–Trinajstić information content (AvgIpc) is 2.86. The molecular formula is C29H31FN2O3. The van der Waals surface area contributed by atoms with E-state index in [2.05, 4.69) is 29.6 Å². The third kappa shape index (κ3) is 5.88. The van der Waals surface area contributed by atoms with Gasteiger partial charge in [-0.15, -0.1) is 0 Å². The summed E-state index contributed by atoms with van der Waals surface area (Å²) in [5.41, 5.74) is 5.23. The number of fused-ring (bicyclic) bond motifs is 1. The lowest BCUT2D eigenvalue weighted by molar-refractivity contribution is -0.136. The van der Waals surface area contributed by atoms with Crippen LogP contribution in [0.4, 0.5) is 4.39 Å². The Balaban J connectivity index is 1.51. The van der Waals surface area contributed by atoms with Gasteiger partial charge in [0.2, 0.25) is 5.91 Å². The first-order valence-corrected chi connectivity index (χ1v) is 12.0. The Morgan fingerprint density at radius 1 is 1.06 bits per heavy atom. The van der Waals surface area contributed by atoms with Gasteiger partial charge in [-0.1, -0.05) is 61.9 Å². The van der Waals surface area contributed by atoms with Gasteiger partial charge in [-0.2, -0.15) is 0 Å². The topological polar surface area (TPSA) is 58.6 Å². The minimum absolute atomic E-state index is 0.103. The second kappa shape index (κ2) is 10.7. The second-order valence-electron chi connectivity index (χ2n) is 9.30. The van der Waals surface area contributed by atoms with E-state index in [-0.39, 0.29) is 36.2 Å². The molecule has 5 nitrogen and oxygen atoms in total. The van der Waals surface area contributed by atoms with Crippen LogP contribution in [0, 0.1) is 18.7 Å². The summed E-state index contributed by atoms with van der Waals surface area (Å²) in [5.74, 6) is 0.0188. The summed E-state index contributed by atoms with van der Waals surface area (Å²) in [6.45, 7) is 6.72. The lowest BCUT2D eigenvalue weighted by atomic mass is 9.87. The van der Waals surface area contributed by atoms with Gasteiger partial charge in [-0.25, -0.2) is 4.39 Å². The van der Waals surface area contributed by atoms with E-state index in [4.69, 9.17) is 4.74 Å². The number of carbonyl (C=O) groups excluding carboxylic acids is 2. The third-order valence-electron chi connectivity index (χ3n) is 6.29. The van der Waals surface area contributed by atoms with Gasteiger partial charge in [0, 0.05) is 19.0 Å². The van der Waals surface area contributed by atoms with Crippen molar-refractivity contribution < 1.29 is 18.7 Å². The van der Waals surface area contributed by atoms with E-state index in [9.17, 15) is 14.0 Å². The molecule has 1 aliphatic rings. The molecule has 1 heterocycles. The summed E-state index contributed by atoms with van der Waals surface area (Å²) in [6, 6.07) is 19.9. The second-order valence-corrected chi connectivity index (χ2v) is 9.30. The fourth-order valence-electron chi connectivity index (χ4n) is 4.36. The maximum absolute atomic E-state index is 13.1. The van der Waals surface area contributed by atoms with Crippen LogP contribution in [-0.4, -0.2) is 29.9 Å². The van der Waals surface area contributed by atoms with Crippen LogP contribution < -0.4 is 10.1 Å². The third-order valence-corrected chi connectivity index (χ3v) is 6.29. The van der Waals surface area contributed by atoms with Crippen LogP contribution in [0.3, 0.4) is 0 Å². The predicted octanol–water partition coefficient (Wildman–Crippen LogP) is 4.96. The molecule has 4 rings (SSSR count). The number of hydrogen-bond donors (Lipinski definition) is 1. The zero-order valence-electron chi connectivity index (χ0n) is 20.4. The average molecular weight is 475 g/mol. The van der Waals surface area contributed by atoms with Crippen molar-refractivity contribution in [3.05, 3.63) is 100 Å². The molecular weight excluding hydrogens is 443 g/mol. The molecule has 0 aliphatic carbocycles. The van der Waals surface area contributed by atoms with Crippen molar-refractivity contribution in [3.63, 3.8) is 0 Å². The van der Waals surface area contributed by atoms with Crippen molar-refractivity contribution >= 4 is 11.8 Å². The highest BCUT2D eigenvalue weighted by Gasteiger charge is 2.33. The van der Waals surface area contributed by atoms with Crippen LogP contribution in [0.2, 0.25) is 0 Å². The molecule has 0 spiro atoms. The number of aryl methyl sites for hydroxylation is 1. The summed E-state index contributed by atoms with van der Waals surface area (Å²) < 4.78 is 18.9. The first-order chi connectivity index (χ1) is 16.8. The molecule has 6 heteroatoms. The molecule has 3 aromatic carbocycles. The molecule has 1 aliphatic heterocycles. The summed E-state index contributed by atoms with van der Waals surface area (Å²) >= 11 is 0. The normalized spacial score (nSPS) is 15.0. The van der Waals surface area contributed by atoms with Gasteiger partial charge in [0.15, 0.2) is 6.61 Å². The molecule has 2 amide bonds. The lowest BCUT2D eigenvalue weighted by Crippen LogP contribution is -2.42. The maximum Gasteiger partial charge on any atom is 0.258 e. The number of nitrogens with zero attached hydrogens (tertiary/aromatic N) is 1. The lowest BCUT2D eigenvalue weighted by Gasteiger charge is -2.39. The number of ether oxygens (including phenoxy) is 1. The summed E-state index contributed by atoms with van der Waals surface area (Å²) in [4.78, 5) is 27.4. The fourth-order valence-corrected chi connectivity index (χ4v) is 4.36. The highest BCUT2D eigenvalue weighted by molar-refractivity contribution is 5.80. The van der Waals surface area contributed by atoms with Crippen LogP contribution >= 0.6 is 0 Å². The van der Waals surface area contributed by atoms with Gasteiger partial charge < -0.3 is 15.0 Å². The van der Waals surface area contributed by atoms with Crippen molar-refractivity contribution in [2.24, 2.45) is 5.92 Å². The highest BCUT2D eigenvalue weighted by Crippen LogP contribution is 2.38. The van der Waals surface area contributed by atoms with Crippen molar-refractivity contribution in [2.75, 3.05) is 13.2 Å². The van der Waals surface area contributed by atoms with E-state index in [0.29, 0.717) is 18.8 Å². The van der Waals surface area contributed by atoms with Crippen molar-refractivity contribution in [1.29, 1.82) is 0 Å². The zero-order chi connectivity index (χ0) is 24.9. The number of rotatable bonds is 7. The minimum atomic E-state index is -0.312. The first-order valence-electron chi connectivity index (χ1n) is 12.0. The Bertz CT molecular complexity index is 1190. The van der Waals surface area contributed by atoms with E-state index in [1.165, 1.54) is 17.7 Å². The van der Waals surface area contributed by atoms with Crippen LogP contribution in [0.25, 0.3) is 0 Å². The quantitative estimate of drug-likeness (QED) is 0.527. The number of hydrogen-bond acceptors (Lipinski definition) is 3. The van der Waals surface area contributed by atoms with Crippen LogP contribution in [0.1, 0.15) is 47.7 Å². The molecule has 35 heavy (non-hydrogen) atoms. The van der Waals surface area contributed by atoms with E-state index in [1.54, 1.807) is 12.1 Å². The summed E-state index contributed by atoms with van der Waals surface area (Å²) in [6.07, 6.45) is 0.772. The molecule has 182 valence electrons. The largest absolute Gasteiger partial charge is 0.484 e. The molecule has 0 aromatic heterocycles. The monoisotopic (exact) mass is 474 g/mol. The Kier molecular flexibility index (Phi) is 7.49.